The van der Waals surface area contributed by atoms with E-state index in [1.165, 1.54) is 11.3 Å². The molecule has 0 spiro atoms. The number of thiazole rings is 1. The molecule has 0 saturated carbocycles. The lowest BCUT2D eigenvalue weighted by molar-refractivity contribution is 0.102. The summed E-state index contributed by atoms with van der Waals surface area (Å²) in [5, 5.41) is 9.28. The van der Waals surface area contributed by atoms with Crippen LogP contribution in [0.1, 0.15) is 10.4 Å². The van der Waals surface area contributed by atoms with Crippen LogP contribution in [0.3, 0.4) is 0 Å². The minimum absolute atomic E-state index is 0.165. The van der Waals surface area contributed by atoms with Crippen LogP contribution < -0.4 is 5.32 Å². The third kappa shape index (κ3) is 2.53. The molecule has 2 heterocycles. The van der Waals surface area contributed by atoms with E-state index in [-0.39, 0.29) is 5.91 Å². The second-order valence-corrected chi connectivity index (χ2v) is 4.68. The quantitative estimate of drug-likeness (QED) is 0.795. The number of nitrogens with one attached hydrogen (secondary N) is 1. The van der Waals surface area contributed by atoms with Crippen LogP contribution in [0.25, 0.3) is 5.69 Å². The Balaban J connectivity index is 1.77. The molecule has 5 nitrogen and oxygen atoms in total. The van der Waals surface area contributed by atoms with E-state index >= 15 is 0 Å². The Kier molecular flexibility index (Phi) is 3.07. The molecule has 1 aromatic carbocycles. The lowest BCUT2D eigenvalue weighted by atomic mass is 10.2. The van der Waals surface area contributed by atoms with Crippen molar-refractivity contribution in [1.82, 2.24) is 14.8 Å². The van der Waals surface area contributed by atoms with Crippen molar-refractivity contribution in [3.63, 3.8) is 0 Å². The van der Waals surface area contributed by atoms with E-state index in [1.54, 1.807) is 29.2 Å². The Morgan fingerprint density at radius 1 is 1.21 bits per heavy atom. The van der Waals surface area contributed by atoms with Crippen molar-refractivity contribution in [2.75, 3.05) is 5.32 Å². The smallest absolute Gasteiger partial charge is 0.257 e. The molecular formula is C13H10N4OS. The van der Waals surface area contributed by atoms with Gasteiger partial charge in [0.05, 0.1) is 5.69 Å². The normalized spacial score (nSPS) is 10.3. The van der Waals surface area contributed by atoms with Crippen molar-refractivity contribution >= 4 is 22.4 Å². The number of hydrogen-bond acceptors (Lipinski definition) is 4. The van der Waals surface area contributed by atoms with Crippen molar-refractivity contribution in [3.05, 3.63) is 59.9 Å². The lowest BCUT2D eigenvalue weighted by Crippen LogP contribution is -2.11. The molecule has 0 saturated heterocycles. The van der Waals surface area contributed by atoms with Gasteiger partial charge in [0.2, 0.25) is 0 Å². The SMILES string of the molecule is O=C(Nc1nccs1)c1ccc(-n2cccn2)cc1. The Labute approximate surface area is 113 Å². The zero-order chi connectivity index (χ0) is 13.1. The first-order chi connectivity index (χ1) is 9.33. The van der Waals surface area contributed by atoms with E-state index in [0.717, 1.165) is 5.69 Å². The van der Waals surface area contributed by atoms with Gasteiger partial charge in [-0.1, -0.05) is 0 Å². The Bertz CT molecular complexity index is 659. The highest BCUT2D eigenvalue weighted by Crippen LogP contribution is 2.13. The molecule has 6 heteroatoms. The fourth-order valence-electron chi connectivity index (χ4n) is 1.64. The molecule has 3 rings (SSSR count). The first-order valence-electron chi connectivity index (χ1n) is 5.64. The van der Waals surface area contributed by atoms with Gasteiger partial charge in [-0.2, -0.15) is 5.10 Å². The monoisotopic (exact) mass is 270 g/mol. The van der Waals surface area contributed by atoms with E-state index in [4.69, 9.17) is 0 Å². The van der Waals surface area contributed by atoms with Gasteiger partial charge in [-0.05, 0) is 30.3 Å². The number of benzene rings is 1. The highest BCUT2D eigenvalue weighted by molar-refractivity contribution is 7.13. The molecule has 0 radical (unpaired) electrons. The summed E-state index contributed by atoms with van der Waals surface area (Å²) in [5.41, 5.74) is 1.50. The minimum atomic E-state index is -0.165. The van der Waals surface area contributed by atoms with Gasteiger partial charge in [-0.3, -0.25) is 10.1 Å². The molecule has 0 aliphatic carbocycles. The predicted molar refractivity (Wildman–Crippen MR) is 73.6 cm³/mol. The Morgan fingerprint density at radius 3 is 2.68 bits per heavy atom. The van der Waals surface area contributed by atoms with Crippen molar-refractivity contribution in [2.45, 2.75) is 0 Å². The number of carbonyl (C=O) groups is 1. The summed E-state index contributed by atoms with van der Waals surface area (Å²) < 4.78 is 1.74. The number of nitrogens with zero attached hydrogens (tertiary/aromatic N) is 3. The van der Waals surface area contributed by atoms with Crippen LogP contribution >= 0.6 is 11.3 Å². The largest absolute Gasteiger partial charge is 0.298 e. The van der Waals surface area contributed by atoms with Gasteiger partial charge in [0.15, 0.2) is 5.13 Å². The van der Waals surface area contributed by atoms with Gasteiger partial charge >= 0.3 is 0 Å². The lowest BCUT2D eigenvalue weighted by Gasteiger charge is -2.04. The molecule has 94 valence electrons. The first kappa shape index (κ1) is 11.6. The van der Waals surface area contributed by atoms with E-state index in [9.17, 15) is 4.79 Å². The van der Waals surface area contributed by atoms with Crippen molar-refractivity contribution in [2.24, 2.45) is 0 Å². The average Bonchev–Trinajstić information content (AvgIpc) is 3.12. The van der Waals surface area contributed by atoms with Crippen LogP contribution in [-0.4, -0.2) is 20.7 Å². The van der Waals surface area contributed by atoms with Crippen molar-refractivity contribution < 1.29 is 4.79 Å². The summed E-state index contributed by atoms with van der Waals surface area (Å²) in [6.07, 6.45) is 5.22. The first-order valence-corrected chi connectivity index (χ1v) is 6.52. The number of aromatic nitrogens is 3. The van der Waals surface area contributed by atoms with Gasteiger partial charge in [-0.15, -0.1) is 11.3 Å². The van der Waals surface area contributed by atoms with Gasteiger partial charge in [0, 0.05) is 29.5 Å². The van der Waals surface area contributed by atoms with Gasteiger partial charge in [0.1, 0.15) is 0 Å². The van der Waals surface area contributed by atoms with Crippen molar-refractivity contribution in [1.29, 1.82) is 0 Å². The Morgan fingerprint density at radius 2 is 2.05 bits per heavy atom. The molecule has 0 bridgehead atoms. The predicted octanol–water partition coefficient (Wildman–Crippen LogP) is 2.58. The fraction of sp³-hybridized carbons (Fsp3) is 0. The summed E-state index contributed by atoms with van der Waals surface area (Å²) in [6.45, 7) is 0. The topological polar surface area (TPSA) is 59.8 Å². The number of hydrogen-bond donors (Lipinski definition) is 1. The standard InChI is InChI=1S/C13H10N4OS/c18-12(16-13-14-7-9-19-13)10-2-4-11(5-3-10)17-8-1-6-15-17/h1-9H,(H,14,16,18). The molecule has 0 fully saturated rings. The third-order valence-corrected chi connectivity index (χ3v) is 3.24. The summed E-state index contributed by atoms with van der Waals surface area (Å²) in [7, 11) is 0. The maximum absolute atomic E-state index is 11.9. The number of rotatable bonds is 3. The van der Waals surface area contributed by atoms with Crippen LogP contribution in [0.5, 0.6) is 0 Å². The average molecular weight is 270 g/mol. The second kappa shape index (κ2) is 5.03. The maximum atomic E-state index is 11.9. The summed E-state index contributed by atoms with van der Waals surface area (Å²) in [4.78, 5) is 16.0. The molecule has 0 aliphatic heterocycles. The molecule has 19 heavy (non-hydrogen) atoms. The van der Waals surface area contributed by atoms with Crippen LogP contribution in [0, 0.1) is 0 Å². The number of carbonyl (C=O) groups excluding carboxylic acids is 1. The highest BCUT2D eigenvalue weighted by atomic mass is 32.1. The van der Waals surface area contributed by atoms with E-state index < -0.39 is 0 Å². The maximum Gasteiger partial charge on any atom is 0.257 e. The minimum Gasteiger partial charge on any atom is -0.298 e. The van der Waals surface area contributed by atoms with Crippen LogP contribution in [-0.2, 0) is 0 Å². The van der Waals surface area contributed by atoms with E-state index in [2.05, 4.69) is 15.4 Å². The zero-order valence-corrected chi connectivity index (χ0v) is 10.7. The summed E-state index contributed by atoms with van der Waals surface area (Å²) in [5.74, 6) is -0.165. The Hall–Kier alpha value is -2.47. The molecule has 0 aliphatic rings. The van der Waals surface area contributed by atoms with Crippen LogP contribution in [0.4, 0.5) is 5.13 Å². The molecule has 1 amide bonds. The van der Waals surface area contributed by atoms with E-state index in [0.29, 0.717) is 10.7 Å². The van der Waals surface area contributed by atoms with Gasteiger partial charge in [0.25, 0.3) is 5.91 Å². The molecule has 0 atom stereocenters. The number of anilines is 1. The second-order valence-electron chi connectivity index (χ2n) is 3.79. The third-order valence-electron chi connectivity index (χ3n) is 2.55. The molecule has 3 aromatic rings. The summed E-state index contributed by atoms with van der Waals surface area (Å²) >= 11 is 1.39. The van der Waals surface area contributed by atoms with Crippen LogP contribution in [0.2, 0.25) is 0 Å². The fourth-order valence-corrected chi connectivity index (χ4v) is 2.17. The number of amides is 1. The molecule has 2 aromatic heterocycles. The molecule has 0 unspecified atom stereocenters. The highest BCUT2D eigenvalue weighted by Gasteiger charge is 2.07. The molecular weight excluding hydrogens is 260 g/mol. The zero-order valence-electron chi connectivity index (χ0n) is 9.85. The summed E-state index contributed by atoms with van der Waals surface area (Å²) in [6, 6.07) is 9.08. The molecule has 1 N–H and O–H groups in total. The van der Waals surface area contributed by atoms with Crippen LogP contribution in [0.15, 0.2) is 54.3 Å². The van der Waals surface area contributed by atoms with Gasteiger partial charge in [-0.25, -0.2) is 9.67 Å². The van der Waals surface area contributed by atoms with Gasteiger partial charge < -0.3 is 0 Å². The van der Waals surface area contributed by atoms with E-state index in [1.807, 2.05) is 29.8 Å². The van der Waals surface area contributed by atoms with Crippen molar-refractivity contribution in [3.8, 4) is 5.69 Å².